The summed E-state index contributed by atoms with van der Waals surface area (Å²) in [6, 6.07) is 8.95. The van der Waals surface area contributed by atoms with E-state index >= 15 is 0 Å². The Morgan fingerprint density at radius 1 is 1.50 bits per heavy atom. The van der Waals surface area contributed by atoms with E-state index in [4.69, 9.17) is 6.57 Å². The van der Waals surface area contributed by atoms with Crippen molar-refractivity contribution in [2.24, 2.45) is 0 Å². The molecule has 72 valence electrons. The third-order valence-electron chi connectivity index (χ3n) is 1.93. The number of rotatable bonds is 3. The van der Waals surface area contributed by atoms with E-state index in [2.05, 4.69) is 9.58 Å². The van der Waals surface area contributed by atoms with Gasteiger partial charge in [-0.1, -0.05) is 35.2 Å². The van der Waals surface area contributed by atoms with E-state index in [1.807, 2.05) is 30.3 Å². The molecule has 1 atom stereocenters. The van der Waals surface area contributed by atoms with E-state index in [-0.39, 0.29) is 0 Å². The molecular weight excluding hydrogens is 178 g/mol. The van der Waals surface area contributed by atoms with Crippen molar-refractivity contribution in [3.8, 4) is 6.57 Å². The zero-order valence-corrected chi connectivity index (χ0v) is 8.01. The van der Waals surface area contributed by atoms with Gasteiger partial charge in [0.2, 0.25) is 0 Å². The lowest BCUT2D eigenvalue weighted by Gasteiger charge is -2.00. The fraction of sp³-hybridized carbons (Fsp3) is 0.273. The molecule has 1 unspecified atom stereocenters. The molecule has 0 aliphatic rings. The maximum Gasteiger partial charge on any atom is 0.395 e. The van der Waals surface area contributed by atoms with Crippen LogP contribution in [0.3, 0.4) is 0 Å². The smallest absolute Gasteiger partial charge is 0.395 e. The Morgan fingerprint density at radius 3 is 2.64 bits per heavy atom. The molecule has 0 bridgehead atoms. The van der Waals surface area contributed by atoms with Crippen LogP contribution in [0.1, 0.15) is 5.56 Å². The number of carbonyl (C=O) groups excluding carboxylic acids is 1. The van der Waals surface area contributed by atoms with Crippen molar-refractivity contribution in [3.63, 3.8) is 0 Å². The second kappa shape index (κ2) is 5.03. The van der Waals surface area contributed by atoms with Crippen molar-refractivity contribution in [1.82, 2.24) is 0 Å². The van der Waals surface area contributed by atoms with E-state index in [9.17, 15) is 4.79 Å². The van der Waals surface area contributed by atoms with Gasteiger partial charge in [0.1, 0.15) is 0 Å². The van der Waals surface area contributed by atoms with Crippen LogP contribution in [0.15, 0.2) is 30.3 Å². The largest absolute Gasteiger partial charge is 0.463 e. The summed E-state index contributed by atoms with van der Waals surface area (Å²) in [4.78, 5) is 14.6. The van der Waals surface area contributed by atoms with Gasteiger partial charge in [0.15, 0.2) is 0 Å². The zero-order valence-electron chi connectivity index (χ0n) is 8.01. The van der Waals surface area contributed by atoms with Gasteiger partial charge < -0.3 is 4.74 Å². The first-order valence-electron chi connectivity index (χ1n) is 4.29. The van der Waals surface area contributed by atoms with Crippen molar-refractivity contribution >= 4 is 5.97 Å². The maximum atomic E-state index is 11.2. The first-order valence-corrected chi connectivity index (χ1v) is 4.29. The molecule has 0 radical (unpaired) electrons. The van der Waals surface area contributed by atoms with Crippen molar-refractivity contribution < 1.29 is 9.53 Å². The molecule has 0 aliphatic heterocycles. The first-order chi connectivity index (χ1) is 6.77. The SMILES string of the molecule is C#[N+]C(Cc1ccccc1)C(=O)OC. The minimum absolute atomic E-state index is 0.406. The lowest BCUT2D eigenvalue weighted by atomic mass is 10.1. The summed E-state index contributed by atoms with van der Waals surface area (Å²) < 4.78 is 4.56. The molecule has 0 heterocycles. The van der Waals surface area contributed by atoms with Crippen LogP contribution in [0.25, 0.3) is 4.85 Å². The van der Waals surface area contributed by atoms with Crippen molar-refractivity contribution in [3.05, 3.63) is 40.7 Å². The lowest BCUT2D eigenvalue weighted by molar-refractivity contribution is -0.141. The molecule has 0 N–H and O–H groups in total. The van der Waals surface area contributed by atoms with Gasteiger partial charge in [0.05, 0.1) is 13.5 Å². The Hall–Kier alpha value is -1.82. The number of methoxy groups -OCH3 is 1. The third-order valence-corrected chi connectivity index (χ3v) is 1.93. The van der Waals surface area contributed by atoms with Gasteiger partial charge in [-0.2, -0.15) is 0 Å². The summed E-state index contributed by atoms with van der Waals surface area (Å²) in [7, 11) is 1.32. The number of esters is 1. The summed E-state index contributed by atoms with van der Waals surface area (Å²) in [6.07, 6.45) is 0.476. The van der Waals surface area contributed by atoms with Crippen LogP contribution >= 0.6 is 0 Å². The van der Waals surface area contributed by atoms with Gasteiger partial charge in [0.25, 0.3) is 6.57 Å². The van der Waals surface area contributed by atoms with Crippen LogP contribution in [0.5, 0.6) is 0 Å². The molecule has 1 aromatic carbocycles. The van der Waals surface area contributed by atoms with Gasteiger partial charge in [-0.15, -0.1) is 0 Å². The van der Waals surface area contributed by atoms with Crippen LogP contribution in [0, 0.1) is 6.57 Å². The van der Waals surface area contributed by atoms with Gasteiger partial charge in [-0.25, -0.2) is 4.79 Å². The van der Waals surface area contributed by atoms with E-state index in [0.717, 1.165) is 5.56 Å². The fourth-order valence-electron chi connectivity index (χ4n) is 1.17. The Labute approximate surface area is 83.1 Å². The van der Waals surface area contributed by atoms with Gasteiger partial charge in [-0.3, -0.25) is 0 Å². The van der Waals surface area contributed by atoms with Gasteiger partial charge in [-0.05, 0) is 5.56 Å². The summed E-state index contributed by atoms with van der Waals surface area (Å²) in [5.74, 6) is -0.406. The van der Waals surface area contributed by atoms with Crippen LogP contribution in [-0.2, 0) is 16.0 Å². The van der Waals surface area contributed by atoms with Crippen LogP contribution in [0.2, 0.25) is 0 Å². The molecule has 1 rings (SSSR count). The summed E-state index contributed by atoms with van der Waals surface area (Å²) >= 11 is 0. The maximum absolute atomic E-state index is 11.2. The minimum atomic E-state index is -0.609. The molecule has 0 saturated heterocycles. The Kier molecular flexibility index (Phi) is 3.69. The van der Waals surface area contributed by atoms with E-state index in [0.29, 0.717) is 6.42 Å². The summed E-state index contributed by atoms with van der Waals surface area (Å²) in [5, 5.41) is 0. The molecule has 1 aromatic rings. The molecule has 0 amide bonds. The Bertz CT molecular complexity index is 340. The average Bonchev–Trinajstić information content (AvgIpc) is 2.26. The van der Waals surface area contributed by atoms with Crippen molar-refractivity contribution in [2.75, 3.05) is 7.11 Å². The Balaban J connectivity index is 2.68. The van der Waals surface area contributed by atoms with Crippen LogP contribution in [-0.4, -0.2) is 19.1 Å². The van der Waals surface area contributed by atoms with E-state index in [1.54, 1.807) is 0 Å². The summed E-state index contributed by atoms with van der Waals surface area (Å²) in [5.41, 5.74) is 1.01. The molecule has 0 spiro atoms. The number of carbonyl (C=O) groups is 1. The normalized spacial score (nSPS) is 11.4. The molecule has 3 nitrogen and oxygen atoms in total. The van der Waals surface area contributed by atoms with Crippen LogP contribution < -0.4 is 0 Å². The highest BCUT2D eigenvalue weighted by molar-refractivity contribution is 5.78. The second-order valence-corrected chi connectivity index (χ2v) is 2.88. The highest BCUT2D eigenvalue weighted by Crippen LogP contribution is 2.06. The lowest BCUT2D eigenvalue weighted by Crippen LogP contribution is -2.20. The number of benzene rings is 1. The predicted molar refractivity (Wildman–Crippen MR) is 54.3 cm³/mol. The third kappa shape index (κ3) is 2.60. The van der Waals surface area contributed by atoms with E-state index < -0.39 is 12.0 Å². The molecule has 0 aromatic heterocycles. The topological polar surface area (TPSA) is 30.7 Å². The monoisotopic (exact) mass is 190 g/mol. The molecule has 0 fully saturated rings. The van der Waals surface area contributed by atoms with Crippen LogP contribution in [0.4, 0.5) is 0 Å². The predicted octanol–water partition coefficient (Wildman–Crippen LogP) is 1.73. The quantitative estimate of drug-likeness (QED) is 0.679. The van der Waals surface area contributed by atoms with Gasteiger partial charge >= 0.3 is 12.0 Å². The first kappa shape index (κ1) is 10.3. The number of nitrogens with zero attached hydrogens (tertiary/aromatic N) is 1. The van der Waals surface area contributed by atoms with Crippen molar-refractivity contribution in [1.29, 1.82) is 0 Å². The molecule has 14 heavy (non-hydrogen) atoms. The number of ether oxygens (including phenoxy) is 1. The summed E-state index contributed by atoms with van der Waals surface area (Å²) in [6.45, 7) is 5.12. The number of hydrogen-bond donors (Lipinski definition) is 0. The highest BCUT2D eigenvalue weighted by atomic mass is 16.5. The molecule has 0 saturated carbocycles. The van der Waals surface area contributed by atoms with Crippen molar-refractivity contribution in [2.45, 2.75) is 12.5 Å². The highest BCUT2D eigenvalue weighted by Gasteiger charge is 2.27. The molecule has 0 aliphatic carbocycles. The average molecular weight is 190 g/mol. The zero-order chi connectivity index (χ0) is 10.4. The fourth-order valence-corrected chi connectivity index (χ4v) is 1.17. The molecule has 3 heteroatoms. The Morgan fingerprint density at radius 2 is 2.14 bits per heavy atom. The molecular formula is C11H12NO2+. The van der Waals surface area contributed by atoms with Gasteiger partial charge in [0, 0.05) is 0 Å². The van der Waals surface area contributed by atoms with E-state index in [1.165, 1.54) is 7.11 Å². The number of hydrogen-bond acceptors (Lipinski definition) is 2. The second-order valence-electron chi connectivity index (χ2n) is 2.88. The minimum Gasteiger partial charge on any atom is -0.463 e. The standard InChI is InChI=1S/C11H12NO2/c1-12-10(11(13)14-2)8-9-6-4-3-5-7-9/h1,3-7,10H,8H2,2H3/q+1.